The summed E-state index contributed by atoms with van der Waals surface area (Å²) >= 11 is 0. The first-order chi connectivity index (χ1) is 11.3. The summed E-state index contributed by atoms with van der Waals surface area (Å²) in [5.41, 5.74) is 8.51. The summed E-state index contributed by atoms with van der Waals surface area (Å²) in [6, 6.07) is 13.8. The van der Waals surface area contributed by atoms with Crippen LogP contribution in [0.1, 0.15) is 55.9 Å². The van der Waals surface area contributed by atoms with E-state index in [0.29, 0.717) is 5.92 Å². The van der Waals surface area contributed by atoms with Gasteiger partial charge < -0.3 is 0 Å². The van der Waals surface area contributed by atoms with Gasteiger partial charge in [-0.3, -0.25) is 0 Å². The van der Waals surface area contributed by atoms with Crippen LogP contribution in [-0.2, 0) is 12.5 Å². The highest BCUT2D eigenvalue weighted by Crippen LogP contribution is 2.48. The Morgan fingerprint density at radius 2 is 1.75 bits per heavy atom. The van der Waals surface area contributed by atoms with E-state index in [-0.39, 0.29) is 5.41 Å². The standard InChI is InChI=1S/C23H26N/c1-14(2)17-12-16-10-11-24(6)22-20-15(3)8-7-9-18(20)23(4,5)19(13-17)21(16)22/h7-14H,1-6H3/q+1. The smallest absolute Gasteiger partial charge is 0.200 e. The maximum Gasteiger partial charge on any atom is 0.221 e. The average molecular weight is 316 g/mol. The molecule has 1 aliphatic rings. The lowest BCUT2D eigenvalue weighted by atomic mass is 9.68. The molecule has 3 aromatic rings. The third kappa shape index (κ3) is 1.90. The second kappa shape index (κ2) is 4.92. The van der Waals surface area contributed by atoms with Crippen LogP contribution in [0.4, 0.5) is 0 Å². The van der Waals surface area contributed by atoms with E-state index in [0.717, 1.165) is 0 Å². The highest BCUT2D eigenvalue weighted by molar-refractivity contribution is 6.01. The van der Waals surface area contributed by atoms with Crippen LogP contribution in [0.2, 0.25) is 0 Å². The maximum atomic E-state index is 2.45. The van der Waals surface area contributed by atoms with Gasteiger partial charge in [0.1, 0.15) is 7.05 Å². The summed E-state index contributed by atoms with van der Waals surface area (Å²) in [6.07, 6.45) is 2.21. The molecule has 122 valence electrons. The Hall–Kier alpha value is -2.15. The molecule has 0 spiro atoms. The van der Waals surface area contributed by atoms with Crippen LogP contribution in [0.3, 0.4) is 0 Å². The number of hydrogen-bond acceptors (Lipinski definition) is 0. The van der Waals surface area contributed by atoms with E-state index in [1.807, 2.05) is 0 Å². The van der Waals surface area contributed by atoms with Crippen molar-refractivity contribution in [2.45, 2.75) is 46.0 Å². The summed E-state index contributed by atoms with van der Waals surface area (Å²) in [5.74, 6) is 0.540. The number of aromatic nitrogens is 1. The van der Waals surface area contributed by atoms with Gasteiger partial charge in [-0.15, -0.1) is 0 Å². The zero-order valence-electron chi connectivity index (χ0n) is 15.6. The van der Waals surface area contributed by atoms with Crippen molar-refractivity contribution in [3.8, 4) is 11.3 Å². The van der Waals surface area contributed by atoms with Crippen molar-refractivity contribution in [1.82, 2.24) is 0 Å². The number of nitrogens with zero attached hydrogens (tertiary/aromatic N) is 1. The lowest BCUT2D eigenvalue weighted by Crippen LogP contribution is -2.35. The molecule has 0 bridgehead atoms. The number of pyridine rings is 1. The molecule has 1 aliphatic carbocycles. The van der Waals surface area contributed by atoms with Gasteiger partial charge >= 0.3 is 0 Å². The van der Waals surface area contributed by atoms with Crippen molar-refractivity contribution < 1.29 is 4.57 Å². The van der Waals surface area contributed by atoms with Gasteiger partial charge in [0.25, 0.3) is 0 Å². The average Bonchev–Trinajstić information content (AvgIpc) is 2.53. The summed E-state index contributed by atoms with van der Waals surface area (Å²) in [6.45, 7) is 11.6. The van der Waals surface area contributed by atoms with Crippen LogP contribution in [0.15, 0.2) is 42.6 Å². The van der Waals surface area contributed by atoms with Crippen LogP contribution in [-0.4, -0.2) is 0 Å². The molecule has 0 saturated carbocycles. The first-order valence-electron chi connectivity index (χ1n) is 8.89. The minimum Gasteiger partial charge on any atom is -0.200 e. The zero-order valence-corrected chi connectivity index (χ0v) is 15.6. The Kier molecular flexibility index (Phi) is 3.16. The van der Waals surface area contributed by atoms with Crippen LogP contribution < -0.4 is 4.57 Å². The Morgan fingerprint density at radius 3 is 2.46 bits per heavy atom. The highest BCUT2D eigenvalue weighted by Gasteiger charge is 2.38. The SMILES string of the molecule is Cc1cccc2c1-c1c3c(cc(C(C)C)cc3cc[n+]1C)C2(C)C. The largest absolute Gasteiger partial charge is 0.221 e. The normalized spacial score (nSPS) is 15.0. The van der Waals surface area contributed by atoms with Crippen LogP contribution >= 0.6 is 0 Å². The fourth-order valence-corrected chi connectivity index (χ4v) is 4.30. The van der Waals surface area contributed by atoms with Gasteiger partial charge in [-0.1, -0.05) is 58.0 Å². The lowest BCUT2D eigenvalue weighted by molar-refractivity contribution is -0.659. The predicted molar refractivity (Wildman–Crippen MR) is 102 cm³/mol. The van der Waals surface area contributed by atoms with Crippen molar-refractivity contribution >= 4 is 10.8 Å². The molecular formula is C23H26N+. The summed E-state index contributed by atoms with van der Waals surface area (Å²) < 4.78 is 2.29. The molecule has 0 saturated heterocycles. The molecule has 0 fully saturated rings. The fraction of sp³-hybridized carbons (Fsp3) is 0.348. The second-order valence-corrected chi connectivity index (χ2v) is 8.09. The molecule has 0 atom stereocenters. The van der Waals surface area contributed by atoms with E-state index < -0.39 is 0 Å². The Morgan fingerprint density at radius 1 is 1.00 bits per heavy atom. The third-order valence-electron chi connectivity index (χ3n) is 5.78. The van der Waals surface area contributed by atoms with E-state index in [1.54, 1.807) is 0 Å². The Balaban J connectivity index is 2.26. The number of fused-ring (bicyclic) bond motifs is 2. The molecule has 24 heavy (non-hydrogen) atoms. The third-order valence-corrected chi connectivity index (χ3v) is 5.78. The molecule has 1 aromatic heterocycles. The molecule has 0 aliphatic heterocycles. The monoisotopic (exact) mass is 316 g/mol. The summed E-state index contributed by atoms with van der Waals surface area (Å²) in [5, 5.41) is 2.79. The zero-order chi connectivity index (χ0) is 17.2. The van der Waals surface area contributed by atoms with E-state index in [1.165, 1.54) is 44.3 Å². The van der Waals surface area contributed by atoms with Gasteiger partial charge in [-0.25, -0.2) is 4.57 Å². The van der Waals surface area contributed by atoms with E-state index in [9.17, 15) is 0 Å². The molecule has 2 aromatic carbocycles. The molecule has 1 nitrogen and oxygen atoms in total. The van der Waals surface area contributed by atoms with Gasteiger partial charge in [0.15, 0.2) is 6.20 Å². The minimum absolute atomic E-state index is 0.0197. The van der Waals surface area contributed by atoms with Crippen molar-refractivity contribution in [2.24, 2.45) is 7.05 Å². The molecule has 0 N–H and O–H groups in total. The van der Waals surface area contributed by atoms with E-state index in [2.05, 4.69) is 88.8 Å². The first-order valence-corrected chi connectivity index (χ1v) is 8.89. The first kappa shape index (κ1) is 15.4. The van der Waals surface area contributed by atoms with E-state index in [4.69, 9.17) is 0 Å². The summed E-state index contributed by atoms with van der Waals surface area (Å²) in [4.78, 5) is 0. The number of aryl methyl sites for hydroxylation is 2. The van der Waals surface area contributed by atoms with Gasteiger partial charge in [-0.05, 0) is 40.5 Å². The highest BCUT2D eigenvalue weighted by atomic mass is 14.9. The maximum absolute atomic E-state index is 2.45. The van der Waals surface area contributed by atoms with Crippen LogP contribution in [0.25, 0.3) is 22.0 Å². The topological polar surface area (TPSA) is 3.88 Å². The molecule has 1 heterocycles. The van der Waals surface area contributed by atoms with Crippen molar-refractivity contribution in [2.75, 3.05) is 0 Å². The molecular weight excluding hydrogens is 290 g/mol. The number of benzene rings is 2. The quantitative estimate of drug-likeness (QED) is 0.529. The van der Waals surface area contributed by atoms with Crippen molar-refractivity contribution in [1.29, 1.82) is 0 Å². The van der Waals surface area contributed by atoms with Gasteiger partial charge in [0, 0.05) is 11.5 Å². The Bertz CT molecular complexity index is 977. The molecule has 0 radical (unpaired) electrons. The number of rotatable bonds is 1. The molecule has 0 unspecified atom stereocenters. The Labute approximate surface area is 145 Å². The van der Waals surface area contributed by atoms with Gasteiger partial charge in [0.2, 0.25) is 5.69 Å². The van der Waals surface area contributed by atoms with Crippen molar-refractivity contribution in [3.63, 3.8) is 0 Å². The molecule has 4 rings (SSSR count). The van der Waals surface area contributed by atoms with Gasteiger partial charge in [0.05, 0.1) is 10.9 Å². The fourth-order valence-electron chi connectivity index (χ4n) is 4.30. The number of hydrogen-bond donors (Lipinski definition) is 0. The molecule has 0 amide bonds. The van der Waals surface area contributed by atoms with Gasteiger partial charge in [-0.2, -0.15) is 0 Å². The minimum atomic E-state index is 0.0197. The summed E-state index contributed by atoms with van der Waals surface area (Å²) in [7, 11) is 2.17. The van der Waals surface area contributed by atoms with Crippen molar-refractivity contribution in [3.05, 3.63) is 64.8 Å². The lowest BCUT2D eigenvalue weighted by Gasteiger charge is -2.34. The van der Waals surface area contributed by atoms with Crippen LogP contribution in [0.5, 0.6) is 0 Å². The van der Waals surface area contributed by atoms with Crippen LogP contribution in [0, 0.1) is 6.92 Å². The molecule has 1 heteroatoms. The van der Waals surface area contributed by atoms with E-state index >= 15 is 0 Å². The second-order valence-electron chi connectivity index (χ2n) is 8.09. The predicted octanol–water partition coefficient (Wildman–Crippen LogP) is 5.40.